The van der Waals surface area contributed by atoms with Crippen molar-refractivity contribution in [3.05, 3.63) is 29.6 Å². The molecular formula is C14H21FN2O2. The number of halogens is 1. The predicted molar refractivity (Wildman–Crippen MR) is 72.6 cm³/mol. The molecule has 4 nitrogen and oxygen atoms in total. The highest BCUT2D eigenvalue weighted by atomic mass is 19.1. The summed E-state index contributed by atoms with van der Waals surface area (Å²) in [6.07, 6.45) is 0.947. The molecule has 0 aliphatic carbocycles. The van der Waals surface area contributed by atoms with Gasteiger partial charge in [0.1, 0.15) is 0 Å². The minimum Gasteiger partial charge on any atom is -0.490 e. The van der Waals surface area contributed by atoms with E-state index in [9.17, 15) is 9.18 Å². The fraction of sp³-hybridized carbons (Fsp3) is 0.500. The second kappa shape index (κ2) is 8.48. The largest absolute Gasteiger partial charge is 0.490 e. The van der Waals surface area contributed by atoms with Gasteiger partial charge in [0.05, 0.1) is 6.61 Å². The molecule has 0 aromatic heterocycles. The molecule has 0 aliphatic heterocycles. The third kappa shape index (κ3) is 5.26. The van der Waals surface area contributed by atoms with E-state index < -0.39 is 0 Å². The number of para-hydroxylation sites is 1. The van der Waals surface area contributed by atoms with Crippen LogP contribution >= 0.6 is 0 Å². The molecule has 0 fully saturated rings. The van der Waals surface area contributed by atoms with Gasteiger partial charge in [0.15, 0.2) is 11.6 Å². The number of amides is 1. The van der Waals surface area contributed by atoms with Gasteiger partial charge >= 0.3 is 0 Å². The van der Waals surface area contributed by atoms with Crippen LogP contribution in [0.2, 0.25) is 0 Å². The van der Waals surface area contributed by atoms with Crippen molar-refractivity contribution in [2.75, 3.05) is 20.2 Å². The van der Waals surface area contributed by atoms with Gasteiger partial charge in [0.25, 0.3) is 0 Å². The van der Waals surface area contributed by atoms with Gasteiger partial charge in [0, 0.05) is 25.6 Å². The Hall–Kier alpha value is -1.62. The lowest BCUT2D eigenvalue weighted by Crippen LogP contribution is -2.18. The van der Waals surface area contributed by atoms with Crippen molar-refractivity contribution in [3.8, 4) is 5.75 Å². The van der Waals surface area contributed by atoms with E-state index >= 15 is 0 Å². The second-order valence-electron chi connectivity index (χ2n) is 4.13. The maximum atomic E-state index is 13.7. The molecule has 1 aromatic rings. The van der Waals surface area contributed by atoms with E-state index in [4.69, 9.17) is 4.74 Å². The van der Waals surface area contributed by atoms with Crippen LogP contribution in [-0.4, -0.2) is 26.1 Å². The molecular weight excluding hydrogens is 247 g/mol. The van der Waals surface area contributed by atoms with Crippen molar-refractivity contribution in [3.63, 3.8) is 0 Å². The van der Waals surface area contributed by atoms with Crippen molar-refractivity contribution in [2.45, 2.75) is 26.3 Å². The van der Waals surface area contributed by atoms with Crippen molar-refractivity contribution < 1.29 is 13.9 Å². The predicted octanol–water partition coefficient (Wildman–Crippen LogP) is 1.84. The molecule has 0 saturated heterocycles. The summed E-state index contributed by atoms with van der Waals surface area (Å²) in [7, 11) is 1.59. The number of nitrogens with one attached hydrogen (secondary N) is 2. The van der Waals surface area contributed by atoms with E-state index in [-0.39, 0.29) is 17.5 Å². The van der Waals surface area contributed by atoms with E-state index in [1.807, 2.05) is 13.0 Å². The first-order valence-corrected chi connectivity index (χ1v) is 6.50. The number of ether oxygens (including phenoxy) is 1. The van der Waals surface area contributed by atoms with E-state index in [1.54, 1.807) is 13.1 Å². The minimum absolute atomic E-state index is 0.0370. The van der Waals surface area contributed by atoms with Crippen LogP contribution in [-0.2, 0) is 11.3 Å². The van der Waals surface area contributed by atoms with Gasteiger partial charge in [-0.05, 0) is 19.0 Å². The number of benzene rings is 1. The Morgan fingerprint density at radius 2 is 2.21 bits per heavy atom. The van der Waals surface area contributed by atoms with Gasteiger partial charge in [0.2, 0.25) is 5.91 Å². The van der Waals surface area contributed by atoms with Crippen LogP contribution < -0.4 is 15.4 Å². The van der Waals surface area contributed by atoms with Gasteiger partial charge in [-0.25, -0.2) is 4.39 Å². The van der Waals surface area contributed by atoms with Crippen molar-refractivity contribution in [1.82, 2.24) is 10.6 Å². The fourth-order valence-electron chi connectivity index (χ4n) is 1.65. The molecule has 1 aromatic carbocycles. The lowest BCUT2D eigenvalue weighted by Gasteiger charge is -2.12. The summed E-state index contributed by atoms with van der Waals surface area (Å²) in [5, 5.41) is 5.67. The van der Waals surface area contributed by atoms with Crippen LogP contribution in [0.25, 0.3) is 0 Å². The standard InChI is InChI=1S/C14H21FN2O2/c1-3-17-10-11-6-4-7-12(15)14(11)19-9-5-8-13(18)16-2/h4,6-7,17H,3,5,8-10H2,1-2H3,(H,16,18). The first kappa shape index (κ1) is 15.4. The van der Waals surface area contributed by atoms with Crippen molar-refractivity contribution >= 4 is 5.91 Å². The van der Waals surface area contributed by atoms with Gasteiger partial charge in [-0.2, -0.15) is 0 Å². The average molecular weight is 268 g/mol. The molecule has 1 rings (SSSR count). The average Bonchev–Trinajstić information content (AvgIpc) is 2.42. The fourth-order valence-corrected chi connectivity index (χ4v) is 1.65. The first-order valence-electron chi connectivity index (χ1n) is 6.50. The summed E-state index contributed by atoms with van der Waals surface area (Å²) in [6.45, 7) is 3.70. The zero-order chi connectivity index (χ0) is 14.1. The van der Waals surface area contributed by atoms with Crippen LogP contribution in [0.1, 0.15) is 25.3 Å². The van der Waals surface area contributed by atoms with E-state index in [0.29, 0.717) is 26.0 Å². The van der Waals surface area contributed by atoms with E-state index in [0.717, 1.165) is 12.1 Å². The molecule has 1 amide bonds. The highest BCUT2D eigenvalue weighted by molar-refractivity contribution is 5.75. The van der Waals surface area contributed by atoms with Gasteiger partial charge < -0.3 is 15.4 Å². The highest BCUT2D eigenvalue weighted by Gasteiger charge is 2.09. The Labute approximate surface area is 113 Å². The van der Waals surface area contributed by atoms with Gasteiger partial charge in [-0.1, -0.05) is 19.1 Å². The second-order valence-corrected chi connectivity index (χ2v) is 4.13. The minimum atomic E-state index is -0.365. The zero-order valence-corrected chi connectivity index (χ0v) is 11.5. The molecule has 0 spiro atoms. The molecule has 0 unspecified atom stereocenters. The monoisotopic (exact) mass is 268 g/mol. The van der Waals surface area contributed by atoms with E-state index in [1.165, 1.54) is 6.07 Å². The summed E-state index contributed by atoms with van der Waals surface area (Å²) in [6, 6.07) is 4.88. The van der Waals surface area contributed by atoms with Gasteiger partial charge in [-0.15, -0.1) is 0 Å². The topological polar surface area (TPSA) is 50.4 Å². The Bertz CT molecular complexity index is 410. The van der Waals surface area contributed by atoms with E-state index in [2.05, 4.69) is 10.6 Å². The third-order valence-electron chi connectivity index (χ3n) is 2.69. The molecule has 106 valence electrons. The molecule has 0 heterocycles. The van der Waals surface area contributed by atoms with Gasteiger partial charge in [-0.3, -0.25) is 4.79 Å². The maximum Gasteiger partial charge on any atom is 0.219 e. The maximum absolute atomic E-state index is 13.7. The lowest BCUT2D eigenvalue weighted by molar-refractivity contribution is -0.120. The van der Waals surface area contributed by atoms with Crippen LogP contribution in [0.15, 0.2) is 18.2 Å². The van der Waals surface area contributed by atoms with Crippen LogP contribution in [0.4, 0.5) is 4.39 Å². The van der Waals surface area contributed by atoms with Crippen LogP contribution in [0, 0.1) is 5.82 Å². The number of rotatable bonds is 8. The highest BCUT2D eigenvalue weighted by Crippen LogP contribution is 2.22. The smallest absolute Gasteiger partial charge is 0.219 e. The van der Waals surface area contributed by atoms with Crippen LogP contribution in [0.3, 0.4) is 0 Å². The lowest BCUT2D eigenvalue weighted by atomic mass is 10.2. The molecule has 0 aliphatic rings. The molecule has 2 N–H and O–H groups in total. The van der Waals surface area contributed by atoms with Crippen molar-refractivity contribution in [2.24, 2.45) is 0 Å². The molecule has 0 radical (unpaired) electrons. The quantitative estimate of drug-likeness (QED) is 0.707. The first-order chi connectivity index (χ1) is 9.19. The molecule has 0 atom stereocenters. The summed E-state index contributed by atoms with van der Waals surface area (Å²) < 4.78 is 19.2. The summed E-state index contributed by atoms with van der Waals surface area (Å²) >= 11 is 0. The number of hydrogen-bond donors (Lipinski definition) is 2. The number of hydrogen-bond acceptors (Lipinski definition) is 3. The SMILES string of the molecule is CCNCc1cccc(F)c1OCCCC(=O)NC. The molecule has 0 bridgehead atoms. The Balaban J connectivity index is 2.53. The Morgan fingerprint density at radius 1 is 1.42 bits per heavy atom. The summed E-state index contributed by atoms with van der Waals surface area (Å²) in [5.41, 5.74) is 0.793. The number of carbonyl (C=O) groups excluding carboxylic acids is 1. The molecule has 19 heavy (non-hydrogen) atoms. The molecule has 0 saturated carbocycles. The van der Waals surface area contributed by atoms with Crippen molar-refractivity contribution in [1.29, 1.82) is 0 Å². The normalized spacial score (nSPS) is 10.3. The summed E-state index contributed by atoms with van der Waals surface area (Å²) in [4.78, 5) is 11.0. The third-order valence-corrected chi connectivity index (χ3v) is 2.69. The van der Waals surface area contributed by atoms with Crippen LogP contribution in [0.5, 0.6) is 5.75 Å². The Morgan fingerprint density at radius 3 is 2.89 bits per heavy atom. The Kier molecular flexibility index (Phi) is 6.89. The zero-order valence-electron chi connectivity index (χ0n) is 11.5. The molecule has 5 heteroatoms. The summed E-state index contributed by atoms with van der Waals surface area (Å²) in [5.74, 6) is -0.124. The number of carbonyl (C=O) groups is 1.